The van der Waals surface area contributed by atoms with Crippen LogP contribution in [0.25, 0.3) is 0 Å². The summed E-state index contributed by atoms with van der Waals surface area (Å²) in [7, 11) is 1.53. The molecule has 1 aliphatic rings. The number of rotatable bonds is 6. The molecule has 0 spiro atoms. The minimum absolute atomic E-state index is 0.00565. The minimum atomic E-state index is -0.417. The molecule has 0 aliphatic heterocycles. The van der Waals surface area contributed by atoms with Gasteiger partial charge < -0.3 is 15.5 Å². The standard InChI is InChI=1S/C20H19Cl2N3O3/c1-25(11-17(26)24-18-15(21)3-2-4-16(18)22)20(28)13-7-9-14(10-8-13)23-19(27)12-5-6-12/h2-4,7-10,12H,5-6,11H2,1H3,(H,23,27)(H,24,26). The topological polar surface area (TPSA) is 78.5 Å². The fraction of sp³-hybridized carbons (Fsp3) is 0.250. The number of hydrogen-bond acceptors (Lipinski definition) is 3. The van der Waals surface area contributed by atoms with Crippen molar-refractivity contribution in [2.24, 2.45) is 5.92 Å². The molecule has 0 unspecified atom stereocenters. The van der Waals surface area contributed by atoms with Gasteiger partial charge in [0, 0.05) is 24.2 Å². The Labute approximate surface area is 172 Å². The second kappa shape index (κ2) is 8.63. The number of carbonyl (C=O) groups is 3. The molecular weight excluding hydrogens is 401 g/mol. The second-order valence-electron chi connectivity index (χ2n) is 6.65. The molecule has 1 fully saturated rings. The molecule has 6 nitrogen and oxygen atoms in total. The van der Waals surface area contributed by atoms with Gasteiger partial charge in [-0.05, 0) is 49.2 Å². The first-order chi connectivity index (χ1) is 13.3. The van der Waals surface area contributed by atoms with Crippen molar-refractivity contribution in [2.75, 3.05) is 24.2 Å². The molecule has 1 aliphatic carbocycles. The number of carbonyl (C=O) groups excluding carboxylic acids is 3. The van der Waals surface area contributed by atoms with Crippen molar-refractivity contribution in [1.82, 2.24) is 4.90 Å². The fourth-order valence-electron chi connectivity index (χ4n) is 2.59. The number of amides is 3. The Morgan fingerprint density at radius 2 is 1.61 bits per heavy atom. The Kier molecular flexibility index (Phi) is 6.21. The molecule has 2 aromatic rings. The van der Waals surface area contributed by atoms with Crippen LogP contribution in [0.15, 0.2) is 42.5 Å². The Balaban J connectivity index is 1.57. The van der Waals surface area contributed by atoms with Gasteiger partial charge in [-0.3, -0.25) is 14.4 Å². The van der Waals surface area contributed by atoms with E-state index in [0.717, 1.165) is 12.8 Å². The second-order valence-corrected chi connectivity index (χ2v) is 7.46. The van der Waals surface area contributed by atoms with Gasteiger partial charge in [-0.25, -0.2) is 0 Å². The van der Waals surface area contributed by atoms with Crippen LogP contribution in [0.4, 0.5) is 11.4 Å². The Morgan fingerprint density at radius 1 is 1.00 bits per heavy atom. The first-order valence-corrected chi connectivity index (χ1v) is 9.51. The average molecular weight is 420 g/mol. The van der Waals surface area contributed by atoms with Gasteiger partial charge in [0.15, 0.2) is 0 Å². The van der Waals surface area contributed by atoms with Gasteiger partial charge >= 0.3 is 0 Å². The van der Waals surface area contributed by atoms with Crippen LogP contribution in [0.1, 0.15) is 23.2 Å². The Bertz CT molecular complexity index is 891. The summed E-state index contributed by atoms with van der Waals surface area (Å²) < 4.78 is 0. The maximum absolute atomic E-state index is 12.5. The summed E-state index contributed by atoms with van der Waals surface area (Å²) in [5.74, 6) is -0.622. The van der Waals surface area contributed by atoms with Crippen molar-refractivity contribution in [1.29, 1.82) is 0 Å². The summed E-state index contributed by atoms with van der Waals surface area (Å²) in [6, 6.07) is 11.5. The lowest BCUT2D eigenvalue weighted by atomic mass is 10.1. The predicted octanol–water partition coefficient (Wildman–Crippen LogP) is 4.05. The van der Waals surface area contributed by atoms with E-state index in [1.807, 2.05) is 0 Å². The van der Waals surface area contributed by atoms with Gasteiger partial charge in [0.1, 0.15) is 0 Å². The van der Waals surface area contributed by atoms with Crippen molar-refractivity contribution in [3.05, 3.63) is 58.1 Å². The van der Waals surface area contributed by atoms with Crippen molar-refractivity contribution in [2.45, 2.75) is 12.8 Å². The van der Waals surface area contributed by atoms with Gasteiger partial charge in [0.2, 0.25) is 11.8 Å². The van der Waals surface area contributed by atoms with E-state index in [1.54, 1.807) is 42.5 Å². The summed E-state index contributed by atoms with van der Waals surface area (Å²) in [6.45, 7) is -0.166. The number of para-hydroxylation sites is 1. The molecule has 146 valence electrons. The van der Waals surface area contributed by atoms with Crippen LogP contribution >= 0.6 is 23.2 Å². The van der Waals surface area contributed by atoms with E-state index in [9.17, 15) is 14.4 Å². The lowest BCUT2D eigenvalue weighted by Crippen LogP contribution is -2.35. The first kappa shape index (κ1) is 20.2. The molecule has 3 rings (SSSR count). The van der Waals surface area contributed by atoms with E-state index in [4.69, 9.17) is 23.2 Å². The molecular formula is C20H19Cl2N3O3. The Morgan fingerprint density at radius 3 is 2.18 bits per heavy atom. The summed E-state index contributed by atoms with van der Waals surface area (Å²) >= 11 is 12.1. The molecule has 0 heterocycles. The van der Waals surface area contributed by atoms with Gasteiger partial charge in [0.25, 0.3) is 5.91 Å². The third-order valence-electron chi connectivity index (χ3n) is 4.30. The van der Waals surface area contributed by atoms with E-state index in [0.29, 0.717) is 27.0 Å². The summed E-state index contributed by atoms with van der Waals surface area (Å²) in [5.41, 5.74) is 1.37. The lowest BCUT2D eigenvalue weighted by molar-refractivity contribution is -0.117. The largest absolute Gasteiger partial charge is 0.332 e. The van der Waals surface area contributed by atoms with Crippen LogP contribution in [0, 0.1) is 5.92 Å². The summed E-state index contributed by atoms with van der Waals surface area (Å²) in [4.78, 5) is 37.8. The van der Waals surface area contributed by atoms with E-state index >= 15 is 0 Å². The number of nitrogens with zero attached hydrogens (tertiary/aromatic N) is 1. The zero-order valence-corrected chi connectivity index (χ0v) is 16.7. The number of likely N-dealkylation sites (N-methyl/N-ethyl adjacent to an activating group) is 1. The van der Waals surface area contributed by atoms with Crippen LogP contribution in [-0.2, 0) is 9.59 Å². The Hall–Kier alpha value is -2.57. The third kappa shape index (κ3) is 5.03. The zero-order valence-electron chi connectivity index (χ0n) is 15.2. The van der Waals surface area contributed by atoms with Crippen LogP contribution in [0.3, 0.4) is 0 Å². The molecule has 3 amide bonds. The molecule has 2 aromatic carbocycles. The minimum Gasteiger partial charge on any atom is -0.332 e. The lowest BCUT2D eigenvalue weighted by Gasteiger charge is -2.18. The van der Waals surface area contributed by atoms with E-state index in [-0.39, 0.29) is 24.3 Å². The highest BCUT2D eigenvalue weighted by molar-refractivity contribution is 6.39. The molecule has 0 saturated heterocycles. The summed E-state index contributed by atoms with van der Waals surface area (Å²) in [6.07, 6.45) is 1.85. The quantitative estimate of drug-likeness (QED) is 0.740. The highest BCUT2D eigenvalue weighted by atomic mass is 35.5. The van der Waals surface area contributed by atoms with Gasteiger partial charge in [-0.1, -0.05) is 29.3 Å². The van der Waals surface area contributed by atoms with Crippen molar-refractivity contribution >= 4 is 52.3 Å². The number of halogens is 2. The van der Waals surface area contributed by atoms with Gasteiger partial charge in [-0.15, -0.1) is 0 Å². The third-order valence-corrected chi connectivity index (χ3v) is 4.93. The number of benzene rings is 2. The molecule has 2 N–H and O–H groups in total. The SMILES string of the molecule is CN(CC(=O)Nc1c(Cl)cccc1Cl)C(=O)c1ccc(NC(=O)C2CC2)cc1. The molecule has 0 bridgehead atoms. The highest BCUT2D eigenvalue weighted by Gasteiger charge is 2.29. The predicted molar refractivity (Wildman–Crippen MR) is 110 cm³/mol. The molecule has 0 atom stereocenters. The molecule has 0 radical (unpaired) electrons. The number of nitrogens with one attached hydrogen (secondary N) is 2. The van der Waals surface area contributed by atoms with Crippen molar-refractivity contribution < 1.29 is 14.4 Å². The molecule has 28 heavy (non-hydrogen) atoms. The number of hydrogen-bond donors (Lipinski definition) is 2. The average Bonchev–Trinajstić information content (AvgIpc) is 3.50. The maximum Gasteiger partial charge on any atom is 0.254 e. The monoisotopic (exact) mass is 419 g/mol. The van der Waals surface area contributed by atoms with E-state index in [1.165, 1.54) is 11.9 Å². The summed E-state index contributed by atoms with van der Waals surface area (Å²) in [5, 5.41) is 6.07. The van der Waals surface area contributed by atoms with E-state index in [2.05, 4.69) is 10.6 Å². The smallest absolute Gasteiger partial charge is 0.254 e. The van der Waals surface area contributed by atoms with Gasteiger partial charge in [0.05, 0.1) is 22.3 Å². The van der Waals surface area contributed by atoms with E-state index < -0.39 is 5.91 Å². The maximum atomic E-state index is 12.5. The van der Waals surface area contributed by atoms with Crippen LogP contribution in [0.2, 0.25) is 10.0 Å². The van der Waals surface area contributed by atoms with Crippen LogP contribution in [-0.4, -0.2) is 36.2 Å². The molecule has 1 saturated carbocycles. The van der Waals surface area contributed by atoms with Crippen molar-refractivity contribution in [3.8, 4) is 0 Å². The molecule has 0 aromatic heterocycles. The van der Waals surface area contributed by atoms with Gasteiger partial charge in [-0.2, -0.15) is 0 Å². The molecule has 8 heteroatoms. The zero-order chi connectivity index (χ0) is 20.3. The fourth-order valence-corrected chi connectivity index (χ4v) is 3.08. The normalized spacial score (nSPS) is 13.0. The van der Waals surface area contributed by atoms with Crippen molar-refractivity contribution in [3.63, 3.8) is 0 Å². The first-order valence-electron chi connectivity index (χ1n) is 8.75. The highest BCUT2D eigenvalue weighted by Crippen LogP contribution is 2.30. The van der Waals surface area contributed by atoms with Crippen LogP contribution in [0.5, 0.6) is 0 Å². The number of anilines is 2. The van der Waals surface area contributed by atoms with Crippen LogP contribution < -0.4 is 10.6 Å².